The summed E-state index contributed by atoms with van der Waals surface area (Å²) in [4.78, 5) is 2.37. The number of rotatable bonds is 7. The highest BCUT2D eigenvalue weighted by atomic mass is 16.5. The third-order valence-electron chi connectivity index (χ3n) is 3.89. The Morgan fingerprint density at radius 1 is 1.55 bits per heavy atom. The number of ether oxygens (including phenoxy) is 1. The van der Waals surface area contributed by atoms with Crippen LogP contribution in [0.5, 0.6) is 0 Å². The molecule has 1 saturated heterocycles. The first-order valence-electron chi connectivity index (χ1n) is 7.66. The number of hydrogen-bond acceptors (Lipinski definition) is 4. The van der Waals surface area contributed by atoms with Crippen molar-refractivity contribution >= 4 is 0 Å². The van der Waals surface area contributed by atoms with Crippen molar-refractivity contribution in [3.8, 4) is 0 Å². The Labute approximate surface area is 122 Å². The molecule has 0 spiro atoms. The van der Waals surface area contributed by atoms with Crippen LogP contribution < -0.4 is 5.32 Å². The minimum Gasteiger partial charge on any atom is -0.381 e. The molecule has 5 heteroatoms. The van der Waals surface area contributed by atoms with Crippen LogP contribution in [0.1, 0.15) is 25.3 Å². The van der Waals surface area contributed by atoms with Crippen LogP contribution in [0, 0.1) is 5.92 Å². The van der Waals surface area contributed by atoms with E-state index in [1.807, 2.05) is 17.9 Å². The molecule has 114 valence electrons. The lowest BCUT2D eigenvalue weighted by Crippen LogP contribution is -2.47. The van der Waals surface area contributed by atoms with Crippen LogP contribution in [0.3, 0.4) is 0 Å². The number of aryl methyl sites for hydroxylation is 1. The minimum absolute atomic E-state index is 0.581. The molecule has 1 fully saturated rings. The van der Waals surface area contributed by atoms with E-state index in [1.165, 1.54) is 12.0 Å². The highest BCUT2D eigenvalue weighted by Crippen LogP contribution is 2.17. The molecule has 1 aliphatic heterocycles. The molecule has 0 bridgehead atoms. The van der Waals surface area contributed by atoms with Crippen LogP contribution >= 0.6 is 0 Å². The van der Waals surface area contributed by atoms with Crippen LogP contribution in [0.25, 0.3) is 0 Å². The Bertz CT molecular complexity index is 393. The maximum absolute atomic E-state index is 5.66. The zero-order valence-electron chi connectivity index (χ0n) is 13.0. The normalized spacial score (nSPS) is 23.4. The van der Waals surface area contributed by atoms with E-state index in [1.54, 1.807) is 0 Å². The second-order valence-corrected chi connectivity index (χ2v) is 5.90. The van der Waals surface area contributed by atoms with Gasteiger partial charge >= 0.3 is 0 Å². The van der Waals surface area contributed by atoms with E-state index in [2.05, 4.69) is 35.5 Å². The summed E-state index contributed by atoms with van der Waals surface area (Å²) in [5.41, 5.74) is 1.27. The van der Waals surface area contributed by atoms with E-state index < -0.39 is 0 Å². The molecule has 2 unspecified atom stereocenters. The average Bonchev–Trinajstić information content (AvgIpc) is 2.83. The third-order valence-corrected chi connectivity index (χ3v) is 3.89. The molecule has 20 heavy (non-hydrogen) atoms. The fraction of sp³-hybridized carbons (Fsp3) is 0.800. The van der Waals surface area contributed by atoms with Gasteiger partial charge in [0, 0.05) is 50.5 Å². The second kappa shape index (κ2) is 7.76. The van der Waals surface area contributed by atoms with Gasteiger partial charge in [-0.05, 0) is 26.4 Å². The van der Waals surface area contributed by atoms with Gasteiger partial charge < -0.3 is 15.0 Å². The molecule has 1 N–H and O–H groups in total. The summed E-state index contributed by atoms with van der Waals surface area (Å²) in [6, 6.07) is 0.597. The lowest BCUT2D eigenvalue weighted by Gasteiger charge is -2.34. The van der Waals surface area contributed by atoms with Crippen LogP contribution in [-0.4, -0.2) is 54.1 Å². The van der Waals surface area contributed by atoms with Crippen LogP contribution in [0.15, 0.2) is 12.4 Å². The van der Waals surface area contributed by atoms with E-state index in [0.29, 0.717) is 12.0 Å². The standard InChI is InChI=1S/C15H28N4O/c1-4-6-16-15-5-7-20-12-14(15)11-18(2)9-13-8-17-19(3)10-13/h8,10,14-16H,4-7,9,11-12H2,1-3H3. The lowest BCUT2D eigenvalue weighted by atomic mass is 9.95. The predicted molar refractivity (Wildman–Crippen MR) is 80.5 cm³/mol. The molecule has 0 radical (unpaired) electrons. The first kappa shape index (κ1) is 15.5. The van der Waals surface area contributed by atoms with E-state index in [4.69, 9.17) is 4.74 Å². The lowest BCUT2D eigenvalue weighted by molar-refractivity contribution is 0.0189. The highest BCUT2D eigenvalue weighted by Gasteiger charge is 2.26. The molecule has 0 aromatic carbocycles. The van der Waals surface area contributed by atoms with E-state index in [-0.39, 0.29) is 0 Å². The number of aromatic nitrogens is 2. The molecule has 2 heterocycles. The maximum atomic E-state index is 5.66. The fourth-order valence-electron chi connectivity index (χ4n) is 2.91. The Morgan fingerprint density at radius 2 is 2.40 bits per heavy atom. The van der Waals surface area contributed by atoms with Gasteiger partial charge in [-0.25, -0.2) is 0 Å². The molecule has 2 atom stereocenters. The molecule has 0 saturated carbocycles. The van der Waals surface area contributed by atoms with Crippen molar-refractivity contribution in [2.45, 2.75) is 32.4 Å². The third kappa shape index (κ3) is 4.58. The zero-order valence-corrected chi connectivity index (χ0v) is 13.0. The molecule has 0 aliphatic carbocycles. The number of nitrogens with zero attached hydrogens (tertiary/aromatic N) is 3. The average molecular weight is 280 g/mol. The van der Waals surface area contributed by atoms with Gasteiger partial charge in [0.25, 0.3) is 0 Å². The van der Waals surface area contributed by atoms with Crippen molar-refractivity contribution in [2.24, 2.45) is 13.0 Å². The summed E-state index contributed by atoms with van der Waals surface area (Å²) < 4.78 is 7.52. The summed E-state index contributed by atoms with van der Waals surface area (Å²) in [7, 11) is 4.14. The van der Waals surface area contributed by atoms with Gasteiger partial charge in [0.2, 0.25) is 0 Å². The van der Waals surface area contributed by atoms with Crippen LogP contribution in [-0.2, 0) is 18.3 Å². The Hall–Kier alpha value is -0.910. The summed E-state index contributed by atoms with van der Waals surface area (Å²) >= 11 is 0. The monoisotopic (exact) mass is 280 g/mol. The van der Waals surface area contributed by atoms with Gasteiger partial charge in [-0.2, -0.15) is 5.10 Å². The quantitative estimate of drug-likeness (QED) is 0.816. The first-order chi connectivity index (χ1) is 9.69. The van der Waals surface area contributed by atoms with Crippen molar-refractivity contribution < 1.29 is 4.74 Å². The molecule has 5 nitrogen and oxygen atoms in total. The summed E-state index contributed by atoms with van der Waals surface area (Å²) in [5, 5.41) is 7.90. The van der Waals surface area contributed by atoms with Crippen LogP contribution in [0.2, 0.25) is 0 Å². The van der Waals surface area contributed by atoms with Gasteiger partial charge in [0.05, 0.1) is 12.8 Å². The molecule has 2 rings (SSSR count). The van der Waals surface area contributed by atoms with Gasteiger partial charge in [0.1, 0.15) is 0 Å². The SMILES string of the molecule is CCCNC1CCOCC1CN(C)Cc1cnn(C)c1. The first-order valence-corrected chi connectivity index (χ1v) is 7.66. The van der Waals surface area contributed by atoms with Crippen molar-refractivity contribution in [1.82, 2.24) is 20.0 Å². The Kier molecular flexibility index (Phi) is 6.01. The van der Waals surface area contributed by atoms with E-state index in [0.717, 1.165) is 39.3 Å². The molecule has 1 aliphatic rings. The highest BCUT2D eigenvalue weighted by molar-refractivity contribution is 5.03. The molecular formula is C15H28N4O. The smallest absolute Gasteiger partial charge is 0.0534 e. The van der Waals surface area contributed by atoms with Crippen molar-refractivity contribution in [1.29, 1.82) is 0 Å². The minimum atomic E-state index is 0.581. The second-order valence-electron chi connectivity index (χ2n) is 5.90. The Morgan fingerprint density at radius 3 is 3.10 bits per heavy atom. The molecular weight excluding hydrogens is 252 g/mol. The topological polar surface area (TPSA) is 42.3 Å². The van der Waals surface area contributed by atoms with Gasteiger partial charge in [-0.3, -0.25) is 4.68 Å². The summed E-state index contributed by atoms with van der Waals surface area (Å²) in [6.07, 6.45) is 6.35. The van der Waals surface area contributed by atoms with Crippen molar-refractivity contribution in [3.05, 3.63) is 18.0 Å². The van der Waals surface area contributed by atoms with Crippen molar-refractivity contribution in [3.63, 3.8) is 0 Å². The van der Waals surface area contributed by atoms with Gasteiger partial charge in [-0.1, -0.05) is 6.92 Å². The molecule has 1 aromatic rings. The van der Waals surface area contributed by atoms with Gasteiger partial charge in [-0.15, -0.1) is 0 Å². The number of hydrogen-bond donors (Lipinski definition) is 1. The number of nitrogens with one attached hydrogen (secondary N) is 1. The maximum Gasteiger partial charge on any atom is 0.0534 e. The van der Waals surface area contributed by atoms with Crippen molar-refractivity contribution in [2.75, 3.05) is 33.4 Å². The summed E-state index contributed by atoms with van der Waals surface area (Å²) in [5.74, 6) is 0.581. The molecule has 1 aromatic heterocycles. The largest absolute Gasteiger partial charge is 0.381 e. The van der Waals surface area contributed by atoms with E-state index >= 15 is 0 Å². The molecule has 0 amide bonds. The Balaban J connectivity index is 1.82. The predicted octanol–water partition coefficient (Wildman–Crippen LogP) is 1.26. The fourth-order valence-corrected chi connectivity index (χ4v) is 2.91. The van der Waals surface area contributed by atoms with E-state index in [9.17, 15) is 0 Å². The van der Waals surface area contributed by atoms with Crippen LogP contribution in [0.4, 0.5) is 0 Å². The summed E-state index contributed by atoms with van der Waals surface area (Å²) in [6.45, 7) is 7.10. The zero-order chi connectivity index (χ0) is 14.4. The van der Waals surface area contributed by atoms with Gasteiger partial charge in [0.15, 0.2) is 0 Å².